The van der Waals surface area contributed by atoms with Crippen molar-refractivity contribution >= 4 is 22.6 Å². The maximum Gasteiger partial charge on any atom is 0.255 e. The largest absolute Gasteiger partial charge is 0.338 e. The Hall–Kier alpha value is -4.32. The average Bonchev–Trinajstić information content (AvgIpc) is 3.23. The van der Waals surface area contributed by atoms with Gasteiger partial charge in [-0.1, -0.05) is 30.3 Å². The van der Waals surface area contributed by atoms with Crippen LogP contribution < -0.4 is 5.32 Å². The third-order valence-corrected chi connectivity index (χ3v) is 5.00. The molecule has 2 N–H and O–H groups in total. The van der Waals surface area contributed by atoms with Gasteiger partial charge in [0, 0.05) is 29.2 Å². The number of rotatable bonds is 4. The molecule has 0 spiro atoms. The minimum atomic E-state index is -0.299. The van der Waals surface area contributed by atoms with Gasteiger partial charge in [0.05, 0.1) is 11.0 Å². The maximum absolute atomic E-state index is 13.5. The number of amides is 1. The molecule has 0 atom stereocenters. The summed E-state index contributed by atoms with van der Waals surface area (Å²) < 4.78 is 13.5. The van der Waals surface area contributed by atoms with E-state index in [9.17, 15) is 9.18 Å². The lowest BCUT2D eigenvalue weighted by molar-refractivity contribution is 0.102. The van der Waals surface area contributed by atoms with E-state index in [1.165, 1.54) is 12.1 Å². The zero-order chi connectivity index (χ0) is 21.2. The quantitative estimate of drug-likeness (QED) is 0.402. The molecule has 2 aromatic heterocycles. The van der Waals surface area contributed by atoms with Crippen molar-refractivity contribution in [2.45, 2.75) is 0 Å². The van der Waals surface area contributed by atoms with E-state index in [0.29, 0.717) is 22.6 Å². The Kier molecular flexibility index (Phi) is 4.72. The highest BCUT2D eigenvalue weighted by Gasteiger charge is 2.09. The number of carbonyl (C=O) groups is 1. The van der Waals surface area contributed by atoms with E-state index >= 15 is 0 Å². The third kappa shape index (κ3) is 3.91. The normalized spacial score (nSPS) is 10.9. The SMILES string of the molecule is O=C(Nc1ccc(-c2cccc(-c3nc4ccc(F)cc4[nH]3)c2)cc1)c1ccncc1. The Bertz CT molecular complexity index is 1380. The number of pyridine rings is 1. The lowest BCUT2D eigenvalue weighted by atomic mass is 10.0. The molecule has 0 aliphatic carbocycles. The van der Waals surface area contributed by atoms with Gasteiger partial charge in [-0.2, -0.15) is 0 Å². The summed E-state index contributed by atoms with van der Waals surface area (Å²) in [6.45, 7) is 0. The second kappa shape index (κ2) is 7.84. The van der Waals surface area contributed by atoms with E-state index in [-0.39, 0.29) is 11.7 Å². The highest BCUT2D eigenvalue weighted by molar-refractivity contribution is 6.04. The van der Waals surface area contributed by atoms with Gasteiger partial charge in [-0.25, -0.2) is 9.37 Å². The molecule has 3 aromatic carbocycles. The predicted octanol–water partition coefficient (Wildman–Crippen LogP) is 5.68. The van der Waals surface area contributed by atoms with Crippen molar-refractivity contribution in [1.29, 1.82) is 0 Å². The van der Waals surface area contributed by atoms with Crippen molar-refractivity contribution in [2.24, 2.45) is 0 Å². The third-order valence-electron chi connectivity index (χ3n) is 5.00. The first-order chi connectivity index (χ1) is 15.2. The molecule has 0 aliphatic heterocycles. The zero-order valence-corrected chi connectivity index (χ0v) is 16.3. The number of aromatic nitrogens is 3. The minimum absolute atomic E-state index is 0.182. The number of hydrogen-bond donors (Lipinski definition) is 2. The topological polar surface area (TPSA) is 70.7 Å². The fraction of sp³-hybridized carbons (Fsp3) is 0. The van der Waals surface area contributed by atoms with Crippen molar-refractivity contribution in [1.82, 2.24) is 15.0 Å². The van der Waals surface area contributed by atoms with Gasteiger partial charge in [-0.15, -0.1) is 0 Å². The molecule has 0 fully saturated rings. The van der Waals surface area contributed by atoms with E-state index in [4.69, 9.17) is 0 Å². The monoisotopic (exact) mass is 408 g/mol. The smallest absolute Gasteiger partial charge is 0.255 e. The Balaban J connectivity index is 1.38. The summed E-state index contributed by atoms with van der Waals surface area (Å²) in [5.41, 5.74) is 5.57. The Morgan fingerprint density at radius 1 is 0.839 bits per heavy atom. The summed E-state index contributed by atoms with van der Waals surface area (Å²) in [5.74, 6) is 0.203. The number of H-pyrrole nitrogens is 1. The fourth-order valence-corrected chi connectivity index (χ4v) is 3.42. The second-order valence-electron chi connectivity index (χ2n) is 7.10. The number of hydrogen-bond acceptors (Lipinski definition) is 3. The highest BCUT2D eigenvalue weighted by Crippen LogP contribution is 2.27. The lowest BCUT2D eigenvalue weighted by Crippen LogP contribution is -2.11. The van der Waals surface area contributed by atoms with Gasteiger partial charge < -0.3 is 10.3 Å². The molecule has 5 aromatic rings. The molecule has 31 heavy (non-hydrogen) atoms. The van der Waals surface area contributed by atoms with E-state index in [1.807, 2.05) is 48.5 Å². The number of nitrogens with zero attached hydrogens (tertiary/aromatic N) is 2. The summed E-state index contributed by atoms with van der Waals surface area (Å²) in [7, 11) is 0. The van der Waals surface area contributed by atoms with E-state index in [1.54, 1.807) is 30.6 Å². The minimum Gasteiger partial charge on any atom is -0.338 e. The fourth-order valence-electron chi connectivity index (χ4n) is 3.42. The standard InChI is InChI=1S/C25H17FN4O/c26-20-6-9-22-23(15-20)30-24(29-22)19-3-1-2-18(14-19)16-4-7-21(8-5-16)28-25(31)17-10-12-27-13-11-17/h1-15H,(H,28,31)(H,29,30). The molecule has 5 rings (SSSR count). The van der Waals surface area contributed by atoms with E-state index < -0.39 is 0 Å². The molecule has 0 unspecified atom stereocenters. The number of aromatic amines is 1. The average molecular weight is 408 g/mol. The number of fused-ring (bicyclic) bond motifs is 1. The van der Waals surface area contributed by atoms with Crippen molar-refractivity contribution < 1.29 is 9.18 Å². The number of benzene rings is 3. The van der Waals surface area contributed by atoms with Gasteiger partial charge in [0.15, 0.2) is 0 Å². The van der Waals surface area contributed by atoms with Gasteiger partial charge in [-0.05, 0) is 59.7 Å². The summed E-state index contributed by atoms with van der Waals surface area (Å²) >= 11 is 0. The molecule has 0 bridgehead atoms. The molecular formula is C25H17FN4O. The van der Waals surface area contributed by atoms with Crippen molar-refractivity contribution in [3.8, 4) is 22.5 Å². The van der Waals surface area contributed by atoms with Crippen LogP contribution in [-0.2, 0) is 0 Å². The molecule has 0 radical (unpaired) electrons. The van der Waals surface area contributed by atoms with Crippen LogP contribution in [0.15, 0.2) is 91.3 Å². The Morgan fingerprint density at radius 3 is 2.42 bits per heavy atom. The van der Waals surface area contributed by atoms with Gasteiger partial charge in [0.25, 0.3) is 5.91 Å². The van der Waals surface area contributed by atoms with Crippen LogP contribution in [0.3, 0.4) is 0 Å². The van der Waals surface area contributed by atoms with Crippen LogP contribution in [0.25, 0.3) is 33.5 Å². The van der Waals surface area contributed by atoms with Crippen molar-refractivity contribution in [3.05, 3.63) is 103 Å². The van der Waals surface area contributed by atoms with Crippen LogP contribution in [0.1, 0.15) is 10.4 Å². The molecule has 0 saturated carbocycles. The first-order valence-electron chi connectivity index (χ1n) is 9.73. The Morgan fingerprint density at radius 2 is 1.61 bits per heavy atom. The second-order valence-corrected chi connectivity index (χ2v) is 7.10. The first kappa shape index (κ1) is 18.7. The van der Waals surface area contributed by atoms with Crippen LogP contribution in [0.4, 0.5) is 10.1 Å². The number of imidazole rings is 1. The van der Waals surface area contributed by atoms with Crippen LogP contribution in [0.2, 0.25) is 0 Å². The van der Waals surface area contributed by atoms with Gasteiger partial charge >= 0.3 is 0 Å². The number of halogens is 1. The van der Waals surface area contributed by atoms with Gasteiger partial charge in [0.2, 0.25) is 0 Å². The van der Waals surface area contributed by atoms with Crippen LogP contribution in [0, 0.1) is 5.82 Å². The van der Waals surface area contributed by atoms with Crippen molar-refractivity contribution in [3.63, 3.8) is 0 Å². The molecule has 5 nitrogen and oxygen atoms in total. The van der Waals surface area contributed by atoms with Gasteiger partial charge in [0.1, 0.15) is 11.6 Å². The lowest BCUT2D eigenvalue weighted by Gasteiger charge is -2.08. The number of anilines is 1. The number of carbonyl (C=O) groups excluding carboxylic acids is 1. The molecule has 0 aliphatic rings. The summed E-state index contributed by atoms with van der Waals surface area (Å²) in [6.07, 6.45) is 3.17. The van der Waals surface area contributed by atoms with Crippen LogP contribution in [-0.4, -0.2) is 20.9 Å². The molecule has 2 heterocycles. The maximum atomic E-state index is 13.5. The first-order valence-corrected chi connectivity index (χ1v) is 9.73. The van der Waals surface area contributed by atoms with E-state index in [0.717, 1.165) is 22.2 Å². The summed E-state index contributed by atoms with van der Waals surface area (Å²) in [4.78, 5) is 23.9. The van der Waals surface area contributed by atoms with Crippen molar-refractivity contribution in [2.75, 3.05) is 5.32 Å². The van der Waals surface area contributed by atoms with E-state index in [2.05, 4.69) is 20.3 Å². The number of nitrogens with one attached hydrogen (secondary N) is 2. The van der Waals surface area contributed by atoms with Gasteiger partial charge in [-0.3, -0.25) is 9.78 Å². The zero-order valence-electron chi connectivity index (χ0n) is 16.3. The molecule has 1 amide bonds. The molecule has 150 valence electrons. The molecular weight excluding hydrogens is 391 g/mol. The Labute approximate surface area is 177 Å². The van der Waals surface area contributed by atoms with Crippen LogP contribution in [0.5, 0.6) is 0 Å². The van der Waals surface area contributed by atoms with Crippen LogP contribution >= 0.6 is 0 Å². The summed E-state index contributed by atoms with van der Waals surface area (Å²) in [6, 6.07) is 23.4. The molecule has 0 saturated heterocycles. The molecule has 6 heteroatoms. The highest BCUT2D eigenvalue weighted by atomic mass is 19.1. The summed E-state index contributed by atoms with van der Waals surface area (Å²) in [5, 5.41) is 2.88. The predicted molar refractivity (Wildman–Crippen MR) is 119 cm³/mol.